The molecule has 0 fully saturated rings. The topological polar surface area (TPSA) is 54.5 Å². The Morgan fingerprint density at radius 3 is 2.43 bits per heavy atom. The molecule has 23 heavy (non-hydrogen) atoms. The molecule has 0 unspecified atom stereocenters. The average Bonchev–Trinajstić information content (AvgIpc) is 2.96. The predicted octanol–water partition coefficient (Wildman–Crippen LogP) is 3.86. The number of benzene rings is 2. The number of aromatic nitrogens is 3. The monoisotopic (exact) mass is 314 g/mol. The highest BCUT2D eigenvalue weighted by Crippen LogP contribution is 2.30. The van der Waals surface area contributed by atoms with Crippen LogP contribution in [-0.4, -0.2) is 15.0 Å². The van der Waals surface area contributed by atoms with E-state index in [1.807, 2.05) is 6.07 Å². The molecule has 1 aromatic heterocycles. The summed E-state index contributed by atoms with van der Waals surface area (Å²) in [4.78, 5) is 0. The highest BCUT2D eigenvalue weighted by molar-refractivity contribution is 5.81. The van der Waals surface area contributed by atoms with E-state index in [4.69, 9.17) is 5.26 Å². The largest absolute Gasteiger partial charge is 0.416 e. The molecule has 114 valence electrons. The third-order valence-corrected chi connectivity index (χ3v) is 3.29. The summed E-state index contributed by atoms with van der Waals surface area (Å²) >= 11 is 0. The van der Waals surface area contributed by atoms with E-state index >= 15 is 0 Å². The van der Waals surface area contributed by atoms with Crippen molar-refractivity contribution in [3.8, 4) is 6.07 Å². The van der Waals surface area contributed by atoms with Crippen LogP contribution in [0.3, 0.4) is 0 Å². The van der Waals surface area contributed by atoms with Crippen LogP contribution in [-0.2, 0) is 6.18 Å². The third kappa shape index (κ3) is 2.79. The number of nitriles is 1. The van der Waals surface area contributed by atoms with E-state index in [1.165, 1.54) is 22.9 Å². The molecule has 7 heteroatoms. The molecule has 3 rings (SSSR count). The van der Waals surface area contributed by atoms with Gasteiger partial charge in [-0.15, -0.1) is 5.10 Å². The van der Waals surface area contributed by atoms with Crippen molar-refractivity contribution in [2.24, 2.45) is 0 Å². The predicted molar refractivity (Wildman–Crippen MR) is 78.0 cm³/mol. The Kier molecular flexibility index (Phi) is 3.58. The Morgan fingerprint density at radius 2 is 1.78 bits per heavy atom. The molecule has 0 amide bonds. The van der Waals surface area contributed by atoms with Gasteiger partial charge in [0.15, 0.2) is 0 Å². The molecule has 3 aromatic rings. The van der Waals surface area contributed by atoms with Gasteiger partial charge >= 0.3 is 6.18 Å². The number of halogens is 3. The third-order valence-electron chi connectivity index (χ3n) is 3.29. The van der Waals surface area contributed by atoms with Crippen molar-refractivity contribution in [2.75, 3.05) is 0 Å². The lowest BCUT2D eigenvalue weighted by molar-refractivity contribution is -0.137. The minimum Gasteiger partial charge on any atom is -0.211 e. The van der Waals surface area contributed by atoms with Gasteiger partial charge in [0, 0.05) is 11.6 Å². The molecular formula is C16H9F3N4. The summed E-state index contributed by atoms with van der Waals surface area (Å²) < 4.78 is 39.4. The van der Waals surface area contributed by atoms with Gasteiger partial charge in [-0.05, 0) is 24.3 Å². The molecule has 1 heterocycles. The van der Waals surface area contributed by atoms with E-state index in [2.05, 4.69) is 10.3 Å². The second kappa shape index (κ2) is 5.57. The van der Waals surface area contributed by atoms with E-state index in [9.17, 15) is 13.2 Å². The van der Waals surface area contributed by atoms with E-state index in [-0.39, 0.29) is 0 Å². The number of allylic oxidation sites excluding steroid dienone is 1. The summed E-state index contributed by atoms with van der Waals surface area (Å²) in [6, 6.07) is 13.6. The van der Waals surface area contributed by atoms with E-state index in [1.54, 1.807) is 24.3 Å². The zero-order chi connectivity index (χ0) is 16.4. The molecule has 0 spiro atoms. The minimum absolute atomic E-state index is 0.356. The summed E-state index contributed by atoms with van der Waals surface area (Å²) in [7, 11) is 0. The Labute approximate surface area is 129 Å². The highest BCUT2D eigenvalue weighted by Gasteiger charge is 2.30. The van der Waals surface area contributed by atoms with Gasteiger partial charge in [-0.1, -0.05) is 29.5 Å². The smallest absolute Gasteiger partial charge is 0.211 e. The standard InChI is InChI=1S/C16H9F3N4/c17-16(18,19)12-7-5-11(6-8-12)14(9-10-20)23-15-4-2-1-3-13(15)21-22-23/h1-9H/b14-9-. The molecule has 0 atom stereocenters. The summed E-state index contributed by atoms with van der Waals surface area (Å²) in [5, 5.41) is 17.0. The van der Waals surface area contributed by atoms with Crippen molar-refractivity contribution >= 4 is 16.7 Å². The van der Waals surface area contributed by atoms with Crippen LogP contribution in [0.1, 0.15) is 11.1 Å². The molecular weight excluding hydrogens is 305 g/mol. The number of fused-ring (bicyclic) bond motifs is 1. The lowest BCUT2D eigenvalue weighted by Crippen LogP contribution is -2.06. The van der Waals surface area contributed by atoms with Crippen molar-refractivity contribution in [3.05, 3.63) is 65.7 Å². The first-order chi connectivity index (χ1) is 11.0. The average molecular weight is 314 g/mol. The van der Waals surface area contributed by atoms with E-state index < -0.39 is 11.7 Å². The van der Waals surface area contributed by atoms with Gasteiger partial charge in [-0.2, -0.15) is 18.4 Å². The normalized spacial score (nSPS) is 12.3. The lowest BCUT2D eigenvalue weighted by Gasteiger charge is -2.10. The molecule has 0 saturated carbocycles. The van der Waals surface area contributed by atoms with Crippen molar-refractivity contribution in [1.29, 1.82) is 5.26 Å². The maximum absolute atomic E-state index is 12.7. The van der Waals surface area contributed by atoms with Gasteiger partial charge in [-0.25, -0.2) is 4.68 Å². The zero-order valence-electron chi connectivity index (χ0n) is 11.6. The van der Waals surface area contributed by atoms with Gasteiger partial charge in [0.2, 0.25) is 0 Å². The van der Waals surface area contributed by atoms with E-state index in [0.29, 0.717) is 22.3 Å². The van der Waals surface area contributed by atoms with Crippen molar-refractivity contribution < 1.29 is 13.2 Å². The molecule has 0 bridgehead atoms. The fourth-order valence-electron chi connectivity index (χ4n) is 2.20. The van der Waals surface area contributed by atoms with Crippen LogP contribution < -0.4 is 0 Å². The lowest BCUT2D eigenvalue weighted by atomic mass is 10.1. The fraction of sp³-hybridized carbons (Fsp3) is 0.0625. The van der Waals surface area contributed by atoms with Crippen molar-refractivity contribution in [2.45, 2.75) is 6.18 Å². The first-order valence-corrected chi connectivity index (χ1v) is 6.59. The minimum atomic E-state index is -4.41. The summed E-state index contributed by atoms with van der Waals surface area (Å²) in [5.74, 6) is 0. The molecule has 0 aliphatic rings. The van der Waals surface area contributed by atoms with Crippen molar-refractivity contribution in [3.63, 3.8) is 0 Å². The Hall–Kier alpha value is -3.14. The molecule has 0 saturated heterocycles. The fourth-order valence-corrected chi connectivity index (χ4v) is 2.20. The summed E-state index contributed by atoms with van der Waals surface area (Å²) in [5.41, 5.74) is 1.34. The number of hydrogen-bond donors (Lipinski definition) is 0. The van der Waals surface area contributed by atoms with Crippen molar-refractivity contribution in [1.82, 2.24) is 15.0 Å². The van der Waals surface area contributed by atoms with Gasteiger partial charge in [0.05, 0.1) is 22.8 Å². The highest BCUT2D eigenvalue weighted by atomic mass is 19.4. The molecule has 0 radical (unpaired) electrons. The van der Waals surface area contributed by atoms with Crippen LogP contribution in [0.5, 0.6) is 0 Å². The summed E-state index contributed by atoms with van der Waals surface area (Å²) in [6.07, 6.45) is -3.18. The van der Waals surface area contributed by atoms with Crippen LogP contribution in [0.25, 0.3) is 16.7 Å². The van der Waals surface area contributed by atoms with Gasteiger partial charge in [0.25, 0.3) is 0 Å². The number of para-hydroxylation sites is 1. The molecule has 4 nitrogen and oxygen atoms in total. The Bertz CT molecular complexity index is 915. The number of nitrogens with zero attached hydrogens (tertiary/aromatic N) is 4. The van der Waals surface area contributed by atoms with Crippen LogP contribution in [0.2, 0.25) is 0 Å². The number of rotatable bonds is 2. The second-order valence-electron chi connectivity index (χ2n) is 4.72. The zero-order valence-corrected chi connectivity index (χ0v) is 11.6. The van der Waals surface area contributed by atoms with Crippen LogP contribution in [0, 0.1) is 11.3 Å². The first kappa shape index (κ1) is 14.8. The van der Waals surface area contributed by atoms with Gasteiger partial charge < -0.3 is 0 Å². The van der Waals surface area contributed by atoms with Crippen LogP contribution >= 0.6 is 0 Å². The molecule has 2 aromatic carbocycles. The number of hydrogen-bond acceptors (Lipinski definition) is 3. The van der Waals surface area contributed by atoms with E-state index in [0.717, 1.165) is 12.1 Å². The Balaban J connectivity index is 2.10. The van der Waals surface area contributed by atoms with Gasteiger partial charge in [-0.3, -0.25) is 0 Å². The van der Waals surface area contributed by atoms with Crippen LogP contribution in [0.4, 0.5) is 13.2 Å². The first-order valence-electron chi connectivity index (χ1n) is 6.59. The van der Waals surface area contributed by atoms with Gasteiger partial charge in [0.1, 0.15) is 5.52 Å². The second-order valence-corrected chi connectivity index (χ2v) is 4.72. The molecule has 0 N–H and O–H groups in total. The molecule has 0 aliphatic carbocycles. The molecule has 0 aliphatic heterocycles. The maximum Gasteiger partial charge on any atom is 0.416 e. The Morgan fingerprint density at radius 1 is 1.09 bits per heavy atom. The maximum atomic E-state index is 12.7. The quantitative estimate of drug-likeness (QED) is 0.675. The SMILES string of the molecule is N#C/C=C(/c1ccc(C(F)(F)F)cc1)n1nnc2ccccc21. The van der Waals surface area contributed by atoms with Crippen LogP contribution in [0.15, 0.2) is 54.6 Å². The summed E-state index contributed by atoms with van der Waals surface area (Å²) in [6.45, 7) is 0. The number of alkyl halides is 3.